The molecule has 3 rings (SSSR count). The summed E-state index contributed by atoms with van der Waals surface area (Å²) in [6.07, 6.45) is 9.30. The summed E-state index contributed by atoms with van der Waals surface area (Å²) in [4.78, 5) is 0. The Bertz CT molecular complexity index is 415. The Balaban J connectivity index is 1.89. The highest BCUT2D eigenvalue weighted by atomic mass is 79.9. The lowest BCUT2D eigenvalue weighted by molar-refractivity contribution is 0.423. The second-order valence-corrected chi connectivity index (χ2v) is 6.48. The third-order valence-corrected chi connectivity index (χ3v) is 5.25. The highest BCUT2D eigenvalue weighted by Crippen LogP contribution is 2.39. The van der Waals surface area contributed by atoms with Gasteiger partial charge in [0.15, 0.2) is 0 Å². The molecule has 1 aliphatic carbocycles. The highest BCUT2D eigenvalue weighted by molar-refractivity contribution is 9.10. The standard InChI is InChI=1S/C14H22BrN3/c1-18-14(10-6-3-2-4-7-10)12(15)13(17-18)11-8-5-9-16-11/h10-11,16H,2-9H2,1H3. The van der Waals surface area contributed by atoms with E-state index in [1.54, 1.807) is 0 Å². The molecule has 0 amide bonds. The van der Waals surface area contributed by atoms with Crippen LogP contribution in [0.25, 0.3) is 0 Å². The van der Waals surface area contributed by atoms with Crippen LogP contribution < -0.4 is 5.32 Å². The van der Waals surface area contributed by atoms with Gasteiger partial charge in [0.25, 0.3) is 0 Å². The second kappa shape index (κ2) is 5.33. The smallest absolute Gasteiger partial charge is 0.0938 e. The van der Waals surface area contributed by atoms with Crippen molar-refractivity contribution in [1.82, 2.24) is 15.1 Å². The summed E-state index contributed by atoms with van der Waals surface area (Å²) in [6.45, 7) is 1.13. The normalized spacial score (nSPS) is 25.8. The zero-order valence-corrected chi connectivity index (χ0v) is 12.7. The molecule has 0 radical (unpaired) electrons. The zero-order valence-electron chi connectivity index (χ0n) is 11.1. The summed E-state index contributed by atoms with van der Waals surface area (Å²) in [5.74, 6) is 0.709. The molecule has 1 aromatic rings. The molecular weight excluding hydrogens is 290 g/mol. The lowest BCUT2D eigenvalue weighted by Crippen LogP contribution is -2.14. The molecule has 0 aromatic carbocycles. The number of aromatic nitrogens is 2. The van der Waals surface area contributed by atoms with Gasteiger partial charge in [-0.1, -0.05) is 19.3 Å². The molecule has 0 spiro atoms. The molecule has 1 unspecified atom stereocenters. The summed E-state index contributed by atoms with van der Waals surface area (Å²) in [5, 5.41) is 8.33. The molecule has 18 heavy (non-hydrogen) atoms. The number of aryl methyl sites for hydroxylation is 1. The molecule has 1 saturated carbocycles. The van der Waals surface area contributed by atoms with Gasteiger partial charge in [0.1, 0.15) is 0 Å². The molecule has 1 atom stereocenters. The first-order chi connectivity index (χ1) is 8.77. The molecular formula is C14H22BrN3. The molecule has 1 aliphatic heterocycles. The van der Waals surface area contributed by atoms with Crippen molar-refractivity contribution in [2.75, 3.05) is 6.54 Å². The maximum absolute atomic E-state index is 4.77. The molecule has 100 valence electrons. The van der Waals surface area contributed by atoms with Crippen molar-refractivity contribution in [2.24, 2.45) is 7.05 Å². The predicted molar refractivity (Wildman–Crippen MR) is 76.7 cm³/mol. The average Bonchev–Trinajstić information content (AvgIpc) is 2.99. The van der Waals surface area contributed by atoms with E-state index in [2.05, 4.69) is 33.0 Å². The van der Waals surface area contributed by atoms with Gasteiger partial charge < -0.3 is 5.32 Å². The van der Waals surface area contributed by atoms with E-state index < -0.39 is 0 Å². The Kier molecular flexibility index (Phi) is 3.76. The van der Waals surface area contributed by atoms with Gasteiger partial charge in [-0.25, -0.2) is 0 Å². The van der Waals surface area contributed by atoms with Crippen molar-refractivity contribution >= 4 is 15.9 Å². The summed E-state index contributed by atoms with van der Waals surface area (Å²) in [7, 11) is 2.10. The number of hydrogen-bond acceptors (Lipinski definition) is 2. The number of halogens is 1. The van der Waals surface area contributed by atoms with Crippen molar-refractivity contribution in [1.29, 1.82) is 0 Å². The van der Waals surface area contributed by atoms with E-state index in [9.17, 15) is 0 Å². The maximum atomic E-state index is 4.77. The van der Waals surface area contributed by atoms with Crippen molar-refractivity contribution in [3.63, 3.8) is 0 Å². The largest absolute Gasteiger partial charge is 0.309 e. The fourth-order valence-electron chi connectivity index (χ4n) is 3.49. The van der Waals surface area contributed by atoms with Gasteiger partial charge in [0.05, 0.1) is 21.9 Å². The van der Waals surface area contributed by atoms with Gasteiger partial charge in [0.2, 0.25) is 0 Å². The zero-order chi connectivity index (χ0) is 12.5. The second-order valence-electron chi connectivity index (χ2n) is 5.69. The van der Waals surface area contributed by atoms with E-state index in [0.717, 1.165) is 6.54 Å². The monoisotopic (exact) mass is 311 g/mol. The Labute approximate surface area is 117 Å². The molecule has 2 aliphatic rings. The van der Waals surface area contributed by atoms with Gasteiger partial charge in [-0.2, -0.15) is 5.10 Å². The Hall–Kier alpha value is -0.350. The van der Waals surface area contributed by atoms with E-state index in [1.807, 2.05) is 0 Å². The lowest BCUT2D eigenvalue weighted by Gasteiger charge is -2.22. The first-order valence-electron chi connectivity index (χ1n) is 7.23. The SMILES string of the molecule is Cn1nc(C2CCCN2)c(Br)c1C1CCCCC1. The fourth-order valence-corrected chi connectivity index (χ4v) is 4.43. The summed E-state index contributed by atoms with van der Waals surface area (Å²) in [6, 6.07) is 0.461. The summed E-state index contributed by atoms with van der Waals surface area (Å²) in [5.41, 5.74) is 2.66. The van der Waals surface area contributed by atoms with Crippen LogP contribution in [0.3, 0.4) is 0 Å². The van der Waals surface area contributed by atoms with Crippen molar-refractivity contribution < 1.29 is 0 Å². The summed E-state index contributed by atoms with van der Waals surface area (Å²) < 4.78 is 3.39. The predicted octanol–water partition coefficient (Wildman–Crippen LogP) is 3.65. The first kappa shape index (κ1) is 12.7. The Morgan fingerprint density at radius 2 is 1.94 bits per heavy atom. The minimum absolute atomic E-state index is 0.461. The van der Waals surface area contributed by atoms with Crippen LogP contribution in [0.1, 0.15) is 68.3 Å². The molecule has 1 N–H and O–H groups in total. The van der Waals surface area contributed by atoms with Crippen LogP contribution >= 0.6 is 15.9 Å². The van der Waals surface area contributed by atoms with Gasteiger partial charge in [0, 0.05) is 13.0 Å². The van der Waals surface area contributed by atoms with Crippen LogP contribution in [-0.4, -0.2) is 16.3 Å². The number of hydrogen-bond donors (Lipinski definition) is 1. The van der Waals surface area contributed by atoms with Gasteiger partial charge >= 0.3 is 0 Å². The van der Waals surface area contributed by atoms with Crippen LogP contribution in [-0.2, 0) is 7.05 Å². The molecule has 1 aromatic heterocycles. The third-order valence-electron chi connectivity index (χ3n) is 4.44. The van der Waals surface area contributed by atoms with Gasteiger partial charge in [-0.05, 0) is 48.2 Å². The van der Waals surface area contributed by atoms with Crippen LogP contribution in [0.4, 0.5) is 0 Å². The number of nitrogens with one attached hydrogen (secondary N) is 1. The first-order valence-corrected chi connectivity index (χ1v) is 8.02. The van der Waals surface area contributed by atoms with E-state index in [4.69, 9.17) is 5.10 Å². The van der Waals surface area contributed by atoms with Crippen LogP contribution in [0.2, 0.25) is 0 Å². The summed E-state index contributed by atoms with van der Waals surface area (Å²) >= 11 is 3.82. The van der Waals surface area contributed by atoms with Crippen LogP contribution in [0.5, 0.6) is 0 Å². The molecule has 2 fully saturated rings. The van der Waals surface area contributed by atoms with Gasteiger partial charge in [-0.15, -0.1) is 0 Å². The third kappa shape index (κ3) is 2.25. The van der Waals surface area contributed by atoms with E-state index in [0.29, 0.717) is 12.0 Å². The maximum Gasteiger partial charge on any atom is 0.0938 e. The van der Waals surface area contributed by atoms with Crippen molar-refractivity contribution in [3.8, 4) is 0 Å². The minimum Gasteiger partial charge on any atom is -0.309 e. The van der Waals surface area contributed by atoms with E-state index in [1.165, 1.54) is 60.8 Å². The van der Waals surface area contributed by atoms with Crippen LogP contribution in [0, 0.1) is 0 Å². The molecule has 0 bridgehead atoms. The molecule has 4 heteroatoms. The average molecular weight is 312 g/mol. The molecule has 1 saturated heterocycles. The fraction of sp³-hybridized carbons (Fsp3) is 0.786. The van der Waals surface area contributed by atoms with Crippen LogP contribution in [0.15, 0.2) is 4.47 Å². The quantitative estimate of drug-likeness (QED) is 0.903. The minimum atomic E-state index is 0.461. The Morgan fingerprint density at radius 3 is 2.61 bits per heavy atom. The van der Waals surface area contributed by atoms with Gasteiger partial charge in [-0.3, -0.25) is 4.68 Å². The Morgan fingerprint density at radius 1 is 1.17 bits per heavy atom. The lowest BCUT2D eigenvalue weighted by atomic mass is 9.86. The van der Waals surface area contributed by atoms with Crippen molar-refractivity contribution in [3.05, 3.63) is 15.9 Å². The highest BCUT2D eigenvalue weighted by Gasteiger charge is 2.28. The van der Waals surface area contributed by atoms with Crippen molar-refractivity contribution in [2.45, 2.75) is 56.9 Å². The van der Waals surface area contributed by atoms with E-state index in [-0.39, 0.29) is 0 Å². The van der Waals surface area contributed by atoms with E-state index >= 15 is 0 Å². The molecule has 2 heterocycles. The number of nitrogens with zero attached hydrogens (tertiary/aromatic N) is 2. The molecule has 3 nitrogen and oxygen atoms in total. The number of rotatable bonds is 2. The topological polar surface area (TPSA) is 29.9 Å².